The number of hydrogen-bond donors (Lipinski definition) is 2. The predicted octanol–water partition coefficient (Wildman–Crippen LogP) is 2.47. The van der Waals surface area contributed by atoms with Crippen LogP contribution in [0, 0.1) is 5.82 Å². The number of carbonyl (C=O) groups excluding carboxylic acids is 1. The summed E-state index contributed by atoms with van der Waals surface area (Å²) in [5.74, 6) is -1.84. The Morgan fingerprint density at radius 3 is 2.60 bits per heavy atom. The van der Waals surface area contributed by atoms with Crippen LogP contribution in [-0.4, -0.2) is 23.5 Å². The Morgan fingerprint density at radius 1 is 1.35 bits per heavy atom. The number of carboxylic acids is 1. The van der Waals surface area contributed by atoms with Crippen molar-refractivity contribution in [1.82, 2.24) is 5.32 Å². The Hall–Kier alpha value is -1.91. The molecule has 0 unspecified atom stereocenters. The van der Waals surface area contributed by atoms with Crippen LogP contribution in [0.15, 0.2) is 18.2 Å². The molecule has 2 rings (SSSR count). The second kappa shape index (κ2) is 5.61. The Bertz CT molecular complexity index is 538. The first-order chi connectivity index (χ1) is 9.47. The minimum Gasteiger partial charge on any atom is -0.481 e. The Kier molecular flexibility index (Phi) is 4.06. The van der Waals surface area contributed by atoms with E-state index in [-0.39, 0.29) is 23.9 Å². The normalized spacial score (nSPS) is 15.7. The molecule has 4 nitrogen and oxygen atoms in total. The first-order valence-electron chi connectivity index (χ1n) is 6.78. The van der Waals surface area contributed by atoms with Gasteiger partial charge in [0.2, 0.25) is 0 Å². The van der Waals surface area contributed by atoms with Gasteiger partial charge in [-0.15, -0.1) is 0 Å². The van der Waals surface area contributed by atoms with Crippen molar-refractivity contribution in [3.63, 3.8) is 0 Å². The maximum atomic E-state index is 13.7. The summed E-state index contributed by atoms with van der Waals surface area (Å²) in [4.78, 5) is 22.3. The summed E-state index contributed by atoms with van der Waals surface area (Å²) in [5.41, 5.74) is 1.14. The van der Waals surface area contributed by atoms with Crippen molar-refractivity contribution >= 4 is 11.9 Å². The van der Waals surface area contributed by atoms with Gasteiger partial charge in [0.15, 0.2) is 0 Å². The molecule has 1 aromatic rings. The molecule has 0 aromatic heterocycles. The third-order valence-electron chi connectivity index (χ3n) is 3.93. The molecule has 1 amide bonds. The fourth-order valence-corrected chi connectivity index (χ4v) is 2.41. The second-order valence-electron chi connectivity index (χ2n) is 5.26. The van der Waals surface area contributed by atoms with Gasteiger partial charge in [-0.05, 0) is 48.4 Å². The quantitative estimate of drug-likeness (QED) is 0.840. The highest BCUT2D eigenvalue weighted by molar-refractivity contribution is 5.94. The molecule has 2 N–H and O–H groups in total. The smallest absolute Gasteiger partial charge is 0.305 e. The first kappa shape index (κ1) is 14.5. The maximum Gasteiger partial charge on any atom is 0.305 e. The van der Waals surface area contributed by atoms with E-state index in [0.29, 0.717) is 0 Å². The molecule has 0 aliphatic heterocycles. The molecule has 108 valence electrons. The average molecular weight is 279 g/mol. The highest BCUT2D eigenvalue weighted by atomic mass is 19.1. The van der Waals surface area contributed by atoms with Crippen LogP contribution in [0.3, 0.4) is 0 Å². The molecule has 1 aliphatic carbocycles. The summed E-state index contributed by atoms with van der Waals surface area (Å²) < 4.78 is 13.7. The summed E-state index contributed by atoms with van der Waals surface area (Å²) in [6.45, 7) is 2.10. The average Bonchev–Trinajstić information content (AvgIpc) is 3.18. The molecule has 0 saturated heterocycles. The lowest BCUT2D eigenvalue weighted by Crippen LogP contribution is -2.26. The van der Waals surface area contributed by atoms with Gasteiger partial charge in [-0.2, -0.15) is 0 Å². The van der Waals surface area contributed by atoms with Gasteiger partial charge in [-0.25, -0.2) is 4.39 Å². The Balaban J connectivity index is 2.12. The number of halogens is 1. The van der Waals surface area contributed by atoms with Crippen LogP contribution in [0.5, 0.6) is 0 Å². The van der Waals surface area contributed by atoms with Crippen molar-refractivity contribution in [2.24, 2.45) is 0 Å². The van der Waals surface area contributed by atoms with Crippen LogP contribution in [0.1, 0.15) is 48.5 Å². The van der Waals surface area contributed by atoms with E-state index in [9.17, 15) is 14.0 Å². The van der Waals surface area contributed by atoms with Crippen LogP contribution in [0.4, 0.5) is 4.39 Å². The van der Waals surface area contributed by atoms with Crippen molar-refractivity contribution < 1.29 is 19.1 Å². The van der Waals surface area contributed by atoms with Crippen molar-refractivity contribution in [2.75, 3.05) is 6.54 Å². The van der Waals surface area contributed by atoms with Gasteiger partial charge in [-0.1, -0.05) is 6.92 Å². The van der Waals surface area contributed by atoms with Gasteiger partial charge in [0, 0.05) is 12.1 Å². The monoisotopic (exact) mass is 279 g/mol. The van der Waals surface area contributed by atoms with E-state index in [4.69, 9.17) is 5.11 Å². The van der Waals surface area contributed by atoms with Crippen LogP contribution in [0.25, 0.3) is 0 Å². The molecular formula is C15H18FNO3. The number of aliphatic carboxylic acids is 1. The van der Waals surface area contributed by atoms with Crippen LogP contribution in [-0.2, 0) is 10.2 Å². The topological polar surface area (TPSA) is 66.4 Å². The van der Waals surface area contributed by atoms with E-state index in [1.54, 1.807) is 6.07 Å². The summed E-state index contributed by atoms with van der Waals surface area (Å²) in [5, 5.41) is 11.0. The van der Waals surface area contributed by atoms with E-state index in [1.165, 1.54) is 12.1 Å². The maximum absolute atomic E-state index is 13.7. The van der Waals surface area contributed by atoms with Gasteiger partial charge < -0.3 is 10.4 Å². The van der Waals surface area contributed by atoms with E-state index >= 15 is 0 Å². The zero-order chi connectivity index (χ0) is 14.8. The molecular weight excluding hydrogens is 261 g/mol. The highest BCUT2D eigenvalue weighted by Crippen LogP contribution is 2.51. The van der Waals surface area contributed by atoms with Gasteiger partial charge >= 0.3 is 5.97 Å². The third-order valence-corrected chi connectivity index (χ3v) is 3.93. The fraction of sp³-hybridized carbons (Fsp3) is 0.467. The summed E-state index contributed by atoms with van der Waals surface area (Å²) in [6, 6.07) is 4.39. The number of amides is 1. The van der Waals surface area contributed by atoms with E-state index in [2.05, 4.69) is 12.2 Å². The molecule has 1 aliphatic rings. The lowest BCUT2D eigenvalue weighted by atomic mass is 9.91. The molecule has 0 heterocycles. The fourth-order valence-electron chi connectivity index (χ4n) is 2.41. The van der Waals surface area contributed by atoms with Crippen molar-refractivity contribution in [1.29, 1.82) is 0 Å². The van der Waals surface area contributed by atoms with Gasteiger partial charge in [-0.3, -0.25) is 9.59 Å². The zero-order valence-electron chi connectivity index (χ0n) is 11.4. The molecule has 0 radical (unpaired) electrons. The number of nitrogens with one attached hydrogen (secondary N) is 1. The molecule has 0 bridgehead atoms. The molecule has 0 atom stereocenters. The van der Waals surface area contributed by atoms with Crippen LogP contribution >= 0.6 is 0 Å². The largest absolute Gasteiger partial charge is 0.481 e. The lowest BCUT2D eigenvalue weighted by molar-refractivity contribution is -0.136. The molecule has 20 heavy (non-hydrogen) atoms. The third kappa shape index (κ3) is 3.15. The summed E-state index contributed by atoms with van der Waals surface area (Å²) in [6.07, 6.45) is 2.82. The van der Waals surface area contributed by atoms with Crippen molar-refractivity contribution in [3.8, 4) is 0 Å². The van der Waals surface area contributed by atoms with E-state index in [0.717, 1.165) is 24.8 Å². The molecule has 5 heteroatoms. The van der Waals surface area contributed by atoms with E-state index in [1.807, 2.05) is 0 Å². The Morgan fingerprint density at radius 2 is 2.05 bits per heavy atom. The predicted molar refractivity (Wildman–Crippen MR) is 72.2 cm³/mol. The van der Waals surface area contributed by atoms with Gasteiger partial charge in [0.05, 0.1) is 6.42 Å². The number of carboxylic acid groups (broad SMARTS) is 1. The molecule has 0 spiro atoms. The van der Waals surface area contributed by atoms with E-state index < -0.39 is 17.7 Å². The first-order valence-corrected chi connectivity index (χ1v) is 6.78. The standard InChI is InChI=1S/C15H18FNO3/c1-2-15(4-5-15)11-7-10(8-12(16)9-11)14(20)17-6-3-13(18)19/h7-9H,2-6H2,1H3,(H,17,20)(H,18,19). The molecule has 1 aromatic carbocycles. The van der Waals surface area contributed by atoms with Crippen molar-refractivity contribution in [2.45, 2.75) is 38.0 Å². The van der Waals surface area contributed by atoms with Crippen LogP contribution in [0.2, 0.25) is 0 Å². The molecule has 1 fully saturated rings. The number of hydrogen-bond acceptors (Lipinski definition) is 2. The molecule has 1 saturated carbocycles. The minimum atomic E-state index is -0.979. The second-order valence-corrected chi connectivity index (χ2v) is 5.26. The minimum absolute atomic E-state index is 0.0260. The van der Waals surface area contributed by atoms with Crippen molar-refractivity contribution in [3.05, 3.63) is 35.1 Å². The highest BCUT2D eigenvalue weighted by Gasteiger charge is 2.42. The lowest BCUT2D eigenvalue weighted by Gasteiger charge is -2.14. The number of carbonyl (C=O) groups is 2. The number of rotatable bonds is 6. The Labute approximate surface area is 117 Å². The SMILES string of the molecule is CCC1(c2cc(F)cc(C(=O)NCCC(=O)O)c2)CC1. The zero-order valence-corrected chi connectivity index (χ0v) is 11.4. The summed E-state index contributed by atoms with van der Waals surface area (Å²) >= 11 is 0. The van der Waals surface area contributed by atoms with Gasteiger partial charge in [0.1, 0.15) is 5.82 Å². The van der Waals surface area contributed by atoms with Crippen LogP contribution < -0.4 is 5.32 Å². The summed E-state index contributed by atoms with van der Waals surface area (Å²) in [7, 11) is 0. The van der Waals surface area contributed by atoms with Gasteiger partial charge in [0.25, 0.3) is 5.91 Å². The number of benzene rings is 1.